The van der Waals surface area contributed by atoms with Crippen molar-refractivity contribution in [3.8, 4) is 0 Å². The molecule has 0 saturated carbocycles. The van der Waals surface area contributed by atoms with Crippen molar-refractivity contribution in [3.05, 3.63) is 65.7 Å². The fraction of sp³-hybridized carbons (Fsp3) is 0. The highest BCUT2D eigenvalue weighted by molar-refractivity contribution is 6.12. The number of furan rings is 1. The first-order valence-electron chi connectivity index (χ1n) is 5.43. The molecule has 3 rings (SSSR count). The summed E-state index contributed by atoms with van der Waals surface area (Å²) in [4.78, 5) is 15.8. The Hall–Kier alpha value is -2.62. The van der Waals surface area contributed by atoms with E-state index in [9.17, 15) is 4.79 Å². The van der Waals surface area contributed by atoms with Crippen molar-refractivity contribution < 1.29 is 13.9 Å². The third-order valence-electron chi connectivity index (χ3n) is 2.49. The summed E-state index contributed by atoms with van der Waals surface area (Å²) in [5, 5.41) is 0. The predicted molar refractivity (Wildman–Crippen MR) is 65.8 cm³/mol. The number of carbonyl (C=O) groups is 1. The maximum Gasteiger partial charge on any atom is 0.363 e. The molecule has 0 aliphatic carbocycles. The molecule has 4 heteroatoms. The van der Waals surface area contributed by atoms with Crippen LogP contribution in [0.2, 0.25) is 0 Å². The predicted octanol–water partition coefficient (Wildman–Crippen LogP) is 2.62. The summed E-state index contributed by atoms with van der Waals surface area (Å²) >= 11 is 0. The normalized spacial score (nSPS) is 16.8. The minimum Gasteiger partial charge on any atom is -0.472 e. The second-order valence-electron chi connectivity index (χ2n) is 3.76. The number of esters is 1. The Balaban J connectivity index is 1.95. The third-order valence-corrected chi connectivity index (χ3v) is 2.49. The van der Waals surface area contributed by atoms with Crippen molar-refractivity contribution in [1.29, 1.82) is 0 Å². The topological polar surface area (TPSA) is 51.8 Å². The summed E-state index contributed by atoms with van der Waals surface area (Å²) in [6.45, 7) is 0. The van der Waals surface area contributed by atoms with Gasteiger partial charge in [0, 0.05) is 11.1 Å². The zero-order valence-electron chi connectivity index (χ0n) is 9.37. The number of cyclic esters (lactones) is 1. The first-order valence-corrected chi connectivity index (χ1v) is 5.43. The van der Waals surface area contributed by atoms with Crippen LogP contribution >= 0.6 is 0 Å². The molecule has 0 fully saturated rings. The minimum atomic E-state index is -0.449. The number of aliphatic imine (C=N–C) groups is 1. The fourth-order valence-corrected chi connectivity index (χ4v) is 1.63. The van der Waals surface area contributed by atoms with Crippen molar-refractivity contribution in [2.24, 2.45) is 4.99 Å². The van der Waals surface area contributed by atoms with Crippen molar-refractivity contribution in [2.45, 2.75) is 0 Å². The lowest BCUT2D eigenvalue weighted by molar-refractivity contribution is -0.129. The van der Waals surface area contributed by atoms with Crippen LogP contribution in [-0.2, 0) is 9.53 Å². The molecule has 88 valence electrons. The average molecular weight is 239 g/mol. The minimum absolute atomic E-state index is 0.273. The maximum atomic E-state index is 11.6. The van der Waals surface area contributed by atoms with Crippen LogP contribution in [0.25, 0.3) is 6.08 Å². The van der Waals surface area contributed by atoms with Crippen molar-refractivity contribution in [1.82, 2.24) is 0 Å². The highest BCUT2D eigenvalue weighted by Crippen LogP contribution is 2.18. The number of hydrogen-bond donors (Lipinski definition) is 0. The summed E-state index contributed by atoms with van der Waals surface area (Å²) < 4.78 is 10.0. The van der Waals surface area contributed by atoms with Gasteiger partial charge >= 0.3 is 5.97 Å². The molecule has 1 aliphatic rings. The average Bonchev–Trinajstić information content (AvgIpc) is 3.02. The van der Waals surface area contributed by atoms with E-state index in [0.717, 1.165) is 11.1 Å². The van der Waals surface area contributed by atoms with Crippen molar-refractivity contribution >= 4 is 17.9 Å². The second-order valence-corrected chi connectivity index (χ2v) is 3.76. The number of nitrogens with zero attached hydrogens (tertiary/aromatic N) is 1. The number of carbonyl (C=O) groups excluding carboxylic acids is 1. The fourth-order valence-electron chi connectivity index (χ4n) is 1.63. The van der Waals surface area contributed by atoms with Crippen molar-refractivity contribution in [2.75, 3.05) is 0 Å². The Bertz CT molecular complexity index is 624. The van der Waals surface area contributed by atoms with Crippen LogP contribution in [-0.4, -0.2) is 11.9 Å². The van der Waals surface area contributed by atoms with E-state index in [0.29, 0.717) is 5.90 Å². The number of ether oxygens (including phenoxy) is 1. The molecule has 1 aliphatic heterocycles. The van der Waals surface area contributed by atoms with Gasteiger partial charge in [-0.3, -0.25) is 0 Å². The van der Waals surface area contributed by atoms with Gasteiger partial charge in [0.2, 0.25) is 5.90 Å². The van der Waals surface area contributed by atoms with Gasteiger partial charge in [0.05, 0.1) is 12.5 Å². The maximum absolute atomic E-state index is 11.6. The van der Waals surface area contributed by atoms with E-state index in [1.54, 1.807) is 12.1 Å². The van der Waals surface area contributed by atoms with Crippen LogP contribution in [0.1, 0.15) is 11.1 Å². The quantitative estimate of drug-likeness (QED) is 0.598. The van der Waals surface area contributed by atoms with E-state index in [2.05, 4.69) is 4.99 Å². The van der Waals surface area contributed by atoms with Gasteiger partial charge in [0.1, 0.15) is 0 Å². The van der Waals surface area contributed by atoms with E-state index in [4.69, 9.17) is 9.15 Å². The van der Waals surface area contributed by atoms with Crippen LogP contribution < -0.4 is 0 Å². The molecule has 0 bridgehead atoms. The molecule has 0 saturated heterocycles. The SMILES string of the molecule is O=C1OC(c2ccccc2)=N/C1=C\c1ccoc1. The molecule has 2 heterocycles. The first-order chi connectivity index (χ1) is 8.83. The Morgan fingerprint density at radius 1 is 1.11 bits per heavy atom. The van der Waals surface area contributed by atoms with Crippen LogP contribution in [0.5, 0.6) is 0 Å². The zero-order chi connectivity index (χ0) is 12.4. The largest absolute Gasteiger partial charge is 0.472 e. The molecular formula is C14H9NO3. The van der Waals surface area contributed by atoms with Gasteiger partial charge in [-0.25, -0.2) is 9.79 Å². The summed E-state index contributed by atoms with van der Waals surface area (Å²) in [5.41, 5.74) is 1.83. The monoisotopic (exact) mass is 239 g/mol. The highest BCUT2D eigenvalue weighted by Gasteiger charge is 2.23. The van der Waals surface area contributed by atoms with Crippen LogP contribution in [0.3, 0.4) is 0 Å². The van der Waals surface area contributed by atoms with E-state index >= 15 is 0 Å². The van der Waals surface area contributed by atoms with Gasteiger partial charge in [0.25, 0.3) is 0 Å². The highest BCUT2D eigenvalue weighted by atomic mass is 16.6. The molecule has 0 radical (unpaired) electrons. The summed E-state index contributed by atoms with van der Waals surface area (Å²) in [6.07, 6.45) is 4.70. The molecule has 4 nitrogen and oxygen atoms in total. The molecule has 2 aromatic rings. The Labute approximate surface area is 103 Å². The zero-order valence-corrected chi connectivity index (χ0v) is 9.37. The van der Waals surface area contributed by atoms with Gasteiger partial charge in [-0.05, 0) is 24.3 Å². The lowest BCUT2D eigenvalue weighted by Gasteiger charge is -1.97. The standard InChI is InChI=1S/C14H9NO3/c16-14-12(8-10-6-7-17-9-10)15-13(18-14)11-4-2-1-3-5-11/h1-9H/b12-8-. The van der Waals surface area contributed by atoms with E-state index in [-0.39, 0.29) is 5.70 Å². The summed E-state index contributed by atoms with van der Waals surface area (Å²) in [7, 11) is 0. The van der Waals surface area contributed by atoms with Gasteiger partial charge in [0.15, 0.2) is 5.70 Å². The van der Waals surface area contributed by atoms with E-state index < -0.39 is 5.97 Å². The Morgan fingerprint density at radius 2 is 1.94 bits per heavy atom. The third kappa shape index (κ3) is 1.96. The molecule has 0 atom stereocenters. The molecule has 0 N–H and O–H groups in total. The van der Waals surface area contributed by atoms with Crippen molar-refractivity contribution in [3.63, 3.8) is 0 Å². The van der Waals surface area contributed by atoms with Gasteiger partial charge < -0.3 is 9.15 Å². The van der Waals surface area contributed by atoms with Gasteiger partial charge in [-0.15, -0.1) is 0 Å². The molecule has 18 heavy (non-hydrogen) atoms. The Kier molecular flexibility index (Phi) is 2.53. The lowest BCUT2D eigenvalue weighted by atomic mass is 10.2. The number of rotatable bonds is 2. The van der Waals surface area contributed by atoms with Gasteiger partial charge in [-0.1, -0.05) is 18.2 Å². The van der Waals surface area contributed by atoms with E-state index in [1.807, 2.05) is 30.3 Å². The summed E-state index contributed by atoms with van der Waals surface area (Å²) in [6, 6.07) is 11.0. The number of benzene rings is 1. The summed E-state index contributed by atoms with van der Waals surface area (Å²) in [5.74, 6) is -0.120. The number of hydrogen-bond acceptors (Lipinski definition) is 4. The first kappa shape index (κ1) is 10.5. The smallest absolute Gasteiger partial charge is 0.363 e. The molecular weight excluding hydrogens is 230 g/mol. The second kappa shape index (κ2) is 4.33. The van der Waals surface area contributed by atoms with Crippen LogP contribution in [0, 0.1) is 0 Å². The molecule has 0 spiro atoms. The Morgan fingerprint density at radius 3 is 2.67 bits per heavy atom. The van der Waals surface area contributed by atoms with Crippen LogP contribution in [0.15, 0.2) is 64.0 Å². The molecule has 0 amide bonds. The molecule has 0 unspecified atom stereocenters. The van der Waals surface area contributed by atoms with E-state index in [1.165, 1.54) is 12.5 Å². The van der Waals surface area contributed by atoms with Gasteiger partial charge in [-0.2, -0.15) is 0 Å². The van der Waals surface area contributed by atoms with Crippen LogP contribution in [0.4, 0.5) is 0 Å². The molecule has 1 aromatic heterocycles. The molecule has 1 aromatic carbocycles. The lowest BCUT2D eigenvalue weighted by Crippen LogP contribution is -2.04.